The first kappa shape index (κ1) is 17.7. The smallest absolute Gasteiger partial charge is 0.273 e. The lowest BCUT2D eigenvalue weighted by atomic mass is 10.0. The van der Waals surface area contributed by atoms with Gasteiger partial charge in [-0.25, -0.2) is 0 Å². The van der Waals surface area contributed by atoms with Crippen LogP contribution in [0.2, 0.25) is 0 Å². The van der Waals surface area contributed by atoms with Gasteiger partial charge in [-0.05, 0) is 24.6 Å². The number of rotatable bonds is 6. The molecule has 1 unspecified atom stereocenters. The summed E-state index contributed by atoms with van der Waals surface area (Å²) in [4.78, 5) is 37.9. The van der Waals surface area contributed by atoms with Gasteiger partial charge < -0.3 is 10.5 Å². The summed E-state index contributed by atoms with van der Waals surface area (Å²) in [7, 11) is 0. The van der Waals surface area contributed by atoms with Crippen molar-refractivity contribution in [1.82, 2.24) is 0 Å². The molecule has 6 heteroatoms. The summed E-state index contributed by atoms with van der Waals surface area (Å²) in [5.41, 5.74) is 6.89. The number of carbonyl (C=O) groups is 3. The number of benzene rings is 2. The van der Waals surface area contributed by atoms with Crippen LogP contribution in [-0.2, 0) is 9.59 Å². The van der Waals surface area contributed by atoms with Crippen LogP contribution in [0.3, 0.4) is 0 Å². The molecule has 0 bridgehead atoms. The average molecular weight is 352 g/mol. The maximum atomic E-state index is 12.9. The van der Waals surface area contributed by atoms with Crippen molar-refractivity contribution in [2.75, 3.05) is 11.4 Å². The third-order valence-electron chi connectivity index (χ3n) is 4.20. The number of amides is 2. The van der Waals surface area contributed by atoms with Gasteiger partial charge in [0.1, 0.15) is 12.3 Å². The van der Waals surface area contributed by atoms with E-state index in [1.165, 1.54) is 4.90 Å². The number of primary amides is 1. The first-order valence-corrected chi connectivity index (χ1v) is 8.49. The van der Waals surface area contributed by atoms with Gasteiger partial charge in [-0.2, -0.15) is 0 Å². The second-order valence-electron chi connectivity index (χ2n) is 6.15. The number of Topliss-reactive ketones (excluding diaryl/α,β-unsaturated/α-hetero) is 1. The summed E-state index contributed by atoms with van der Waals surface area (Å²) in [6.45, 7) is 1.65. The number of hydrogen-bond donors (Lipinski definition) is 1. The molecule has 1 atom stereocenters. The van der Waals surface area contributed by atoms with Gasteiger partial charge in [0, 0.05) is 17.5 Å². The van der Waals surface area contributed by atoms with E-state index in [-0.39, 0.29) is 18.2 Å². The third kappa shape index (κ3) is 3.44. The van der Waals surface area contributed by atoms with Crippen molar-refractivity contribution in [3.8, 4) is 5.75 Å². The first-order chi connectivity index (χ1) is 12.5. The van der Waals surface area contributed by atoms with Gasteiger partial charge in [0.15, 0.2) is 5.78 Å². The van der Waals surface area contributed by atoms with Crippen molar-refractivity contribution in [3.05, 3.63) is 59.7 Å². The fourth-order valence-corrected chi connectivity index (χ4v) is 2.97. The van der Waals surface area contributed by atoms with Crippen LogP contribution in [0.4, 0.5) is 5.69 Å². The largest absolute Gasteiger partial charge is 0.474 e. The SMILES string of the molecule is CCCC(=O)c1ccc2c(c1)N(CC(N)=O)C(=O)C(c1ccccc1)O2. The number of fused-ring (bicyclic) bond motifs is 1. The van der Waals surface area contributed by atoms with E-state index >= 15 is 0 Å². The fraction of sp³-hybridized carbons (Fsp3) is 0.250. The van der Waals surface area contributed by atoms with E-state index in [2.05, 4.69) is 0 Å². The second kappa shape index (κ2) is 7.39. The Balaban J connectivity index is 2.03. The van der Waals surface area contributed by atoms with E-state index in [1.54, 1.807) is 30.3 Å². The highest BCUT2D eigenvalue weighted by Gasteiger charge is 2.36. The zero-order chi connectivity index (χ0) is 18.7. The minimum Gasteiger partial charge on any atom is -0.474 e. The molecule has 0 aromatic heterocycles. The van der Waals surface area contributed by atoms with E-state index in [4.69, 9.17) is 10.5 Å². The van der Waals surface area contributed by atoms with E-state index in [0.717, 1.165) is 6.42 Å². The average Bonchev–Trinajstić information content (AvgIpc) is 2.64. The summed E-state index contributed by atoms with van der Waals surface area (Å²) in [6, 6.07) is 14.0. The molecule has 1 aliphatic rings. The van der Waals surface area contributed by atoms with Crippen molar-refractivity contribution in [2.45, 2.75) is 25.9 Å². The number of ketones is 1. The summed E-state index contributed by atoms with van der Waals surface area (Å²) in [5, 5.41) is 0. The van der Waals surface area contributed by atoms with Crippen LogP contribution in [-0.4, -0.2) is 24.1 Å². The Bertz CT molecular complexity index is 848. The Morgan fingerprint density at radius 2 is 1.88 bits per heavy atom. The molecule has 3 rings (SSSR count). The minimum atomic E-state index is -0.861. The number of ether oxygens (including phenoxy) is 1. The number of hydrogen-bond acceptors (Lipinski definition) is 4. The summed E-state index contributed by atoms with van der Waals surface area (Å²) < 4.78 is 5.88. The molecule has 6 nitrogen and oxygen atoms in total. The normalized spacial score (nSPS) is 16.0. The van der Waals surface area contributed by atoms with E-state index in [0.29, 0.717) is 29.0 Å². The highest BCUT2D eigenvalue weighted by molar-refractivity contribution is 6.06. The quantitative estimate of drug-likeness (QED) is 0.809. The van der Waals surface area contributed by atoms with Crippen molar-refractivity contribution in [1.29, 1.82) is 0 Å². The van der Waals surface area contributed by atoms with Gasteiger partial charge in [-0.1, -0.05) is 37.3 Å². The molecule has 26 heavy (non-hydrogen) atoms. The van der Waals surface area contributed by atoms with Crippen LogP contribution < -0.4 is 15.4 Å². The molecule has 0 radical (unpaired) electrons. The van der Waals surface area contributed by atoms with Crippen LogP contribution in [0.1, 0.15) is 41.8 Å². The van der Waals surface area contributed by atoms with Gasteiger partial charge in [0.2, 0.25) is 12.0 Å². The van der Waals surface area contributed by atoms with E-state index in [9.17, 15) is 14.4 Å². The first-order valence-electron chi connectivity index (χ1n) is 8.49. The molecule has 1 aliphatic heterocycles. The van der Waals surface area contributed by atoms with E-state index < -0.39 is 12.0 Å². The molecule has 1 heterocycles. The molecule has 134 valence electrons. The topological polar surface area (TPSA) is 89.7 Å². The van der Waals surface area contributed by atoms with Crippen molar-refractivity contribution >= 4 is 23.3 Å². The summed E-state index contributed by atoms with van der Waals surface area (Å²) >= 11 is 0. The standard InChI is InChI=1S/C20H20N2O4/c1-2-6-16(23)14-9-10-17-15(11-14)22(12-18(21)24)20(25)19(26-17)13-7-4-3-5-8-13/h3-5,7-11,19H,2,6,12H2,1H3,(H2,21,24). The zero-order valence-corrected chi connectivity index (χ0v) is 14.5. The van der Waals surface area contributed by atoms with Crippen LogP contribution in [0.25, 0.3) is 0 Å². The van der Waals surface area contributed by atoms with Gasteiger partial charge in [-0.3, -0.25) is 19.3 Å². The highest BCUT2D eigenvalue weighted by Crippen LogP contribution is 2.39. The van der Waals surface area contributed by atoms with Gasteiger partial charge >= 0.3 is 0 Å². The molecule has 0 spiro atoms. The van der Waals surface area contributed by atoms with Crippen molar-refractivity contribution < 1.29 is 19.1 Å². The lowest BCUT2D eigenvalue weighted by Gasteiger charge is -2.34. The van der Waals surface area contributed by atoms with E-state index in [1.807, 2.05) is 25.1 Å². The Hall–Kier alpha value is -3.15. The molecular weight excluding hydrogens is 332 g/mol. The van der Waals surface area contributed by atoms with Crippen molar-refractivity contribution in [3.63, 3.8) is 0 Å². The Morgan fingerprint density at radius 1 is 1.15 bits per heavy atom. The highest BCUT2D eigenvalue weighted by atomic mass is 16.5. The Morgan fingerprint density at radius 3 is 2.54 bits per heavy atom. The molecule has 0 fully saturated rings. The predicted molar refractivity (Wildman–Crippen MR) is 97.0 cm³/mol. The van der Waals surface area contributed by atoms with Gasteiger partial charge in [-0.15, -0.1) is 0 Å². The lowest BCUT2D eigenvalue weighted by molar-refractivity contribution is -0.128. The van der Waals surface area contributed by atoms with Crippen LogP contribution in [0.5, 0.6) is 5.75 Å². The zero-order valence-electron chi connectivity index (χ0n) is 14.5. The minimum absolute atomic E-state index is 0.0213. The second-order valence-corrected chi connectivity index (χ2v) is 6.15. The molecule has 0 aliphatic carbocycles. The maximum absolute atomic E-state index is 12.9. The Labute approximate surface area is 151 Å². The molecular formula is C20H20N2O4. The number of anilines is 1. The summed E-state index contributed by atoms with van der Waals surface area (Å²) in [5.74, 6) is -0.606. The van der Waals surface area contributed by atoms with Crippen LogP contribution in [0, 0.1) is 0 Å². The Kier molecular flexibility index (Phi) is 5.02. The maximum Gasteiger partial charge on any atom is 0.273 e. The lowest BCUT2D eigenvalue weighted by Crippen LogP contribution is -2.45. The molecule has 2 amide bonds. The third-order valence-corrected chi connectivity index (χ3v) is 4.20. The molecule has 2 N–H and O–H groups in total. The van der Waals surface area contributed by atoms with Crippen LogP contribution >= 0.6 is 0 Å². The molecule has 2 aromatic carbocycles. The molecule has 0 saturated carbocycles. The summed E-state index contributed by atoms with van der Waals surface area (Å²) in [6.07, 6.45) is 0.280. The monoisotopic (exact) mass is 352 g/mol. The van der Waals surface area contributed by atoms with Gasteiger partial charge in [0.25, 0.3) is 5.91 Å². The van der Waals surface area contributed by atoms with Crippen LogP contribution in [0.15, 0.2) is 48.5 Å². The fourth-order valence-electron chi connectivity index (χ4n) is 2.97. The molecule has 2 aromatic rings. The number of nitrogens with zero attached hydrogens (tertiary/aromatic N) is 1. The number of carbonyl (C=O) groups excluding carboxylic acids is 3. The van der Waals surface area contributed by atoms with Crippen molar-refractivity contribution in [2.24, 2.45) is 5.73 Å². The van der Waals surface area contributed by atoms with Gasteiger partial charge in [0.05, 0.1) is 5.69 Å². The number of nitrogens with two attached hydrogens (primary N) is 1. The molecule has 0 saturated heterocycles. The predicted octanol–water partition coefficient (Wildman–Crippen LogP) is 2.62.